The van der Waals surface area contributed by atoms with Crippen molar-refractivity contribution < 1.29 is 19.0 Å². The zero-order valence-electron chi connectivity index (χ0n) is 6.82. The lowest BCUT2D eigenvalue weighted by molar-refractivity contribution is 0.0799. The van der Waals surface area contributed by atoms with Gasteiger partial charge in [0.15, 0.2) is 0 Å². The fourth-order valence-corrected chi connectivity index (χ4v) is 1.11. The van der Waals surface area contributed by atoms with Gasteiger partial charge in [-0.15, -0.1) is 0 Å². The maximum atomic E-state index is 12.3. The Hall–Kier alpha value is -1.16. The van der Waals surface area contributed by atoms with E-state index in [-0.39, 0.29) is 11.3 Å². The molecule has 0 aliphatic carbocycles. The van der Waals surface area contributed by atoms with Crippen molar-refractivity contribution in [1.29, 1.82) is 0 Å². The van der Waals surface area contributed by atoms with E-state index < -0.39 is 19.0 Å². The van der Waals surface area contributed by atoms with E-state index in [0.717, 1.165) is 0 Å². The van der Waals surface area contributed by atoms with Crippen LogP contribution in [0.2, 0.25) is 0 Å². The molecule has 2 nitrogen and oxygen atoms in total. The molecule has 72 valence electrons. The van der Waals surface area contributed by atoms with Crippen molar-refractivity contribution >= 4 is 0 Å². The number of phenolic OH excluding ortho intramolecular Hbond substituents is 1. The molecule has 0 amide bonds. The van der Waals surface area contributed by atoms with E-state index in [1.807, 2.05) is 0 Å². The van der Waals surface area contributed by atoms with E-state index in [0.29, 0.717) is 0 Å². The number of aromatic hydroxyl groups is 1. The van der Waals surface area contributed by atoms with Crippen molar-refractivity contribution in [1.82, 2.24) is 0 Å². The zero-order chi connectivity index (χ0) is 9.84. The largest absolute Gasteiger partial charge is 0.508 e. The van der Waals surface area contributed by atoms with Crippen LogP contribution < -0.4 is 0 Å². The quantitative estimate of drug-likeness (QED) is 0.758. The first-order valence-corrected chi connectivity index (χ1v) is 3.83. The van der Waals surface area contributed by atoms with Crippen LogP contribution in [0, 0.1) is 0 Å². The Morgan fingerprint density at radius 3 is 2.31 bits per heavy atom. The molecule has 0 saturated carbocycles. The molecule has 13 heavy (non-hydrogen) atoms. The Kier molecular flexibility index (Phi) is 3.19. The summed E-state index contributed by atoms with van der Waals surface area (Å²) in [6.07, 6.45) is -2.67. The highest BCUT2D eigenvalue weighted by molar-refractivity contribution is 5.35. The van der Waals surface area contributed by atoms with Gasteiger partial charge in [-0.25, -0.2) is 8.78 Å². The number of aliphatic hydroxyl groups is 1. The summed E-state index contributed by atoms with van der Waals surface area (Å²) in [5, 5.41) is 17.9. The second-order valence-electron chi connectivity index (χ2n) is 2.68. The van der Waals surface area contributed by atoms with E-state index >= 15 is 0 Å². The Labute approximate surface area is 74.4 Å². The molecule has 0 saturated heterocycles. The van der Waals surface area contributed by atoms with E-state index in [2.05, 4.69) is 0 Å². The van der Waals surface area contributed by atoms with Gasteiger partial charge in [-0.3, -0.25) is 0 Å². The maximum Gasteiger partial charge on any atom is 0.247 e. The number of benzene rings is 1. The molecule has 0 heterocycles. The summed E-state index contributed by atoms with van der Waals surface area (Å²) in [7, 11) is 0. The minimum absolute atomic E-state index is 0.0833. The van der Waals surface area contributed by atoms with Gasteiger partial charge >= 0.3 is 0 Å². The van der Waals surface area contributed by atoms with Crippen molar-refractivity contribution in [3.63, 3.8) is 0 Å². The summed E-state index contributed by atoms with van der Waals surface area (Å²) in [6.45, 7) is -0.671. The number of phenols is 1. The molecule has 0 spiro atoms. The molecule has 2 N–H and O–H groups in total. The highest BCUT2D eigenvalue weighted by Gasteiger charge is 2.23. The smallest absolute Gasteiger partial charge is 0.247 e. The van der Waals surface area contributed by atoms with Crippen molar-refractivity contribution in [3.8, 4) is 5.75 Å². The predicted octanol–water partition coefficient (Wildman–Crippen LogP) is 1.73. The van der Waals surface area contributed by atoms with Crippen LogP contribution in [0.4, 0.5) is 8.78 Å². The predicted molar refractivity (Wildman–Crippen MR) is 43.9 cm³/mol. The molecule has 1 aromatic rings. The molecule has 4 heteroatoms. The average molecular weight is 188 g/mol. The SMILES string of the molecule is OCC(c1ccccc1O)C(F)F. The molecular weight excluding hydrogens is 178 g/mol. The molecule has 1 atom stereocenters. The second-order valence-corrected chi connectivity index (χ2v) is 2.68. The summed E-state index contributed by atoms with van der Waals surface area (Å²) in [4.78, 5) is 0. The fourth-order valence-electron chi connectivity index (χ4n) is 1.11. The molecule has 0 aromatic heterocycles. The minimum atomic E-state index is -2.67. The molecule has 0 aliphatic rings. The van der Waals surface area contributed by atoms with Crippen LogP contribution in [0.3, 0.4) is 0 Å². The third kappa shape index (κ3) is 2.15. The van der Waals surface area contributed by atoms with Crippen LogP contribution in [0.1, 0.15) is 11.5 Å². The van der Waals surface area contributed by atoms with E-state index in [9.17, 15) is 13.9 Å². The highest BCUT2D eigenvalue weighted by atomic mass is 19.3. The van der Waals surface area contributed by atoms with Crippen molar-refractivity contribution in [3.05, 3.63) is 29.8 Å². The minimum Gasteiger partial charge on any atom is -0.508 e. The van der Waals surface area contributed by atoms with Gasteiger partial charge in [-0.1, -0.05) is 18.2 Å². The number of para-hydroxylation sites is 1. The number of hydrogen-bond donors (Lipinski definition) is 2. The van der Waals surface area contributed by atoms with Gasteiger partial charge in [0.2, 0.25) is 6.43 Å². The second kappa shape index (κ2) is 4.18. The normalized spacial score (nSPS) is 13.2. The Bertz CT molecular complexity index is 276. The first kappa shape index (κ1) is 9.92. The summed E-state index contributed by atoms with van der Waals surface area (Å²) >= 11 is 0. The van der Waals surface area contributed by atoms with Gasteiger partial charge in [0.05, 0.1) is 12.5 Å². The summed E-state index contributed by atoms with van der Waals surface area (Å²) < 4.78 is 24.6. The van der Waals surface area contributed by atoms with Crippen LogP contribution in [-0.2, 0) is 0 Å². The van der Waals surface area contributed by atoms with Crippen molar-refractivity contribution in [2.75, 3.05) is 6.61 Å². The number of alkyl halides is 2. The third-order valence-corrected chi connectivity index (χ3v) is 1.84. The Balaban J connectivity index is 2.97. The Morgan fingerprint density at radius 2 is 1.85 bits per heavy atom. The van der Waals surface area contributed by atoms with E-state index in [1.165, 1.54) is 12.1 Å². The van der Waals surface area contributed by atoms with Gasteiger partial charge in [-0.05, 0) is 6.07 Å². The Morgan fingerprint density at radius 1 is 1.23 bits per heavy atom. The van der Waals surface area contributed by atoms with Crippen LogP contribution in [-0.4, -0.2) is 23.2 Å². The first-order valence-electron chi connectivity index (χ1n) is 3.83. The molecule has 0 radical (unpaired) electrons. The van der Waals surface area contributed by atoms with Crippen LogP contribution >= 0.6 is 0 Å². The average Bonchev–Trinajstić information content (AvgIpc) is 2.09. The maximum absolute atomic E-state index is 12.3. The van der Waals surface area contributed by atoms with Gasteiger partial charge in [0.25, 0.3) is 0 Å². The van der Waals surface area contributed by atoms with Crippen LogP contribution in [0.5, 0.6) is 5.75 Å². The lowest BCUT2D eigenvalue weighted by Crippen LogP contribution is -2.13. The molecule has 1 rings (SSSR count). The number of hydrogen-bond acceptors (Lipinski definition) is 2. The topological polar surface area (TPSA) is 40.5 Å². The lowest BCUT2D eigenvalue weighted by atomic mass is 10.00. The van der Waals surface area contributed by atoms with Gasteiger partial charge < -0.3 is 10.2 Å². The molecule has 0 fully saturated rings. The van der Waals surface area contributed by atoms with E-state index in [1.54, 1.807) is 12.1 Å². The van der Waals surface area contributed by atoms with Crippen LogP contribution in [0.15, 0.2) is 24.3 Å². The first-order chi connectivity index (χ1) is 6.16. The standard InChI is InChI=1S/C9H10F2O2/c10-9(11)7(5-12)6-3-1-2-4-8(6)13/h1-4,7,9,12-13H,5H2. The van der Waals surface area contributed by atoms with Crippen molar-refractivity contribution in [2.45, 2.75) is 12.3 Å². The molecule has 1 unspecified atom stereocenters. The zero-order valence-corrected chi connectivity index (χ0v) is 6.82. The van der Waals surface area contributed by atoms with Gasteiger partial charge in [0, 0.05) is 5.56 Å². The molecule has 0 aliphatic heterocycles. The highest BCUT2D eigenvalue weighted by Crippen LogP contribution is 2.29. The number of aliphatic hydroxyl groups excluding tert-OH is 1. The van der Waals surface area contributed by atoms with Gasteiger partial charge in [0.1, 0.15) is 5.75 Å². The lowest BCUT2D eigenvalue weighted by Gasteiger charge is -2.14. The monoisotopic (exact) mass is 188 g/mol. The fraction of sp³-hybridized carbons (Fsp3) is 0.333. The third-order valence-electron chi connectivity index (χ3n) is 1.84. The van der Waals surface area contributed by atoms with Gasteiger partial charge in [-0.2, -0.15) is 0 Å². The molecular formula is C9H10F2O2. The van der Waals surface area contributed by atoms with E-state index in [4.69, 9.17) is 5.11 Å². The molecule has 1 aromatic carbocycles. The number of rotatable bonds is 3. The molecule has 0 bridgehead atoms. The summed E-state index contributed by atoms with van der Waals surface area (Å²) in [5.74, 6) is -1.51. The van der Waals surface area contributed by atoms with Crippen LogP contribution in [0.25, 0.3) is 0 Å². The number of halogens is 2. The van der Waals surface area contributed by atoms with Crippen molar-refractivity contribution in [2.24, 2.45) is 0 Å². The summed E-state index contributed by atoms with van der Waals surface area (Å²) in [6, 6.07) is 5.78. The summed E-state index contributed by atoms with van der Waals surface area (Å²) in [5.41, 5.74) is 0.0833.